The molecule has 1 aromatic rings. The minimum atomic E-state index is 0.354. The lowest BCUT2D eigenvalue weighted by Gasteiger charge is -2.11. The molecule has 1 aromatic carbocycles. The van der Waals surface area contributed by atoms with Crippen LogP contribution in [0.4, 0.5) is 0 Å². The molecule has 0 bridgehead atoms. The van der Waals surface area contributed by atoms with Gasteiger partial charge in [0.2, 0.25) is 0 Å². The fraction of sp³-hybridized carbons (Fsp3) is 0.333. The average Bonchev–Trinajstić information content (AvgIpc) is 2.30. The first-order chi connectivity index (χ1) is 7.76. The third-order valence-electron chi connectivity index (χ3n) is 2.00. The van der Waals surface area contributed by atoms with E-state index in [1.54, 1.807) is 6.07 Å². The number of carbonyl (C=O) groups excluding carboxylic acids is 2. The highest BCUT2D eigenvalue weighted by atomic mass is 16.5. The van der Waals surface area contributed by atoms with Gasteiger partial charge >= 0.3 is 0 Å². The monoisotopic (exact) mass is 222 g/mol. The highest BCUT2D eigenvalue weighted by molar-refractivity contribution is 5.87. The second-order valence-corrected chi connectivity index (χ2v) is 3.03. The van der Waals surface area contributed by atoms with Crippen LogP contribution in [0.25, 0.3) is 0 Å². The van der Waals surface area contributed by atoms with Gasteiger partial charge in [0.15, 0.2) is 12.6 Å². The van der Waals surface area contributed by atoms with Crippen molar-refractivity contribution in [1.82, 2.24) is 0 Å². The van der Waals surface area contributed by atoms with E-state index >= 15 is 0 Å². The van der Waals surface area contributed by atoms with Crippen LogP contribution in [0.3, 0.4) is 0 Å². The predicted molar refractivity (Wildman–Crippen MR) is 59.6 cm³/mol. The summed E-state index contributed by atoms with van der Waals surface area (Å²) in [5.74, 6) is 0.873. The molecule has 4 nitrogen and oxygen atoms in total. The lowest BCUT2D eigenvalue weighted by molar-refractivity contribution is 0.111. The molecule has 0 aliphatic carbocycles. The van der Waals surface area contributed by atoms with Crippen LogP contribution in [0.15, 0.2) is 12.1 Å². The number of hydrogen-bond acceptors (Lipinski definition) is 4. The van der Waals surface area contributed by atoms with Crippen LogP contribution in [0.1, 0.15) is 34.6 Å². The normalized spacial score (nSPS) is 9.62. The van der Waals surface area contributed by atoms with E-state index in [2.05, 4.69) is 0 Å². The van der Waals surface area contributed by atoms with Crippen molar-refractivity contribution in [3.05, 3.63) is 23.3 Å². The molecule has 0 saturated heterocycles. The zero-order valence-electron chi connectivity index (χ0n) is 9.36. The van der Waals surface area contributed by atoms with E-state index in [0.29, 0.717) is 48.4 Å². The Morgan fingerprint density at radius 2 is 1.38 bits per heavy atom. The molecule has 0 fully saturated rings. The van der Waals surface area contributed by atoms with Gasteiger partial charge < -0.3 is 9.47 Å². The third kappa shape index (κ3) is 2.59. The van der Waals surface area contributed by atoms with E-state index < -0.39 is 0 Å². The molecule has 0 radical (unpaired) electrons. The van der Waals surface area contributed by atoms with Gasteiger partial charge in [0.1, 0.15) is 11.5 Å². The summed E-state index contributed by atoms with van der Waals surface area (Å²) in [5.41, 5.74) is 0.708. The maximum absolute atomic E-state index is 10.8. The van der Waals surface area contributed by atoms with Gasteiger partial charge in [-0.1, -0.05) is 0 Å². The van der Waals surface area contributed by atoms with Crippen LogP contribution in [0.5, 0.6) is 11.5 Å². The highest BCUT2D eigenvalue weighted by Crippen LogP contribution is 2.27. The van der Waals surface area contributed by atoms with Crippen LogP contribution in [-0.2, 0) is 0 Å². The maximum Gasteiger partial charge on any atom is 0.153 e. The third-order valence-corrected chi connectivity index (χ3v) is 2.00. The number of ether oxygens (including phenoxy) is 2. The molecule has 0 amide bonds. The Balaban J connectivity index is 3.22. The SMILES string of the molecule is CCOc1cc(OCC)c(C=O)cc1C=O. The van der Waals surface area contributed by atoms with Crippen molar-refractivity contribution in [2.75, 3.05) is 13.2 Å². The van der Waals surface area contributed by atoms with Crippen molar-refractivity contribution < 1.29 is 19.1 Å². The minimum Gasteiger partial charge on any atom is -0.493 e. The molecule has 0 unspecified atom stereocenters. The summed E-state index contributed by atoms with van der Waals surface area (Å²) in [6, 6.07) is 3.04. The molecule has 0 spiro atoms. The van der Waals surface area contributed by atoms with Gasteiger partial charge in [-0.05, 0) is 19.9 Å². The molecule has 0 heterocycles. The van der Waals surface area contributed by atoms with Gasteiger partial charge in [-0.3, -0.25) is 9.59 Å². The number of carbonyl (C=O) groups is 2. The van der Waals surface area contributed by atoms with Crippen molar-refractivity contribution in [2.24, 2.45) is 0 Å². The van der Waals surface area contributed by atoms with Gasteiger partial charge in [-0.2, -0.15) is 0 Å². The number of hydrogen-bond donors (Lipinski definition) is 0. The van der Waals surface area contributed by atoms with Gasteiger partial charge in [0.25, 0.3) is 0 Å². The second kappa shape index (κ2) is 5.90. The van der Waals surface area contributed by atoms with Crippen LogP contribution >= 0.6 is 0 Å². The standard InChI is InChI=1S/C12H14O4/c1-3-15-11-6-12(16-4-2)10(8-14)5-9(11)7-13/h5-8H,3-4H2,1-2H3. The fourth-order valence-corrected chi connectivity index (χ4v) is 1.34. The summed E-state index contributed by atoms with van der Waals surface area (Å²) in [7, 11) is 0. The summed E-state index contributed by atoms with van der Waals surface area (Å²) in [6.45, 7) is 4.55. The van der Waals surface area contributed by atoms with E-state index in [0.717, 1.165) is 0 Å². The van der Waals surface area contributed by atoms with Crippen molar-refractivity contribution in [3.8, 4) is 11.5 Å². The zero-order chi connectivity index (χ0) is 12.0. The van der Waals surface area contributed by atoms with E-state index in [1.165, 1.54) is 6.07 Å². The van der Waals surface area contributed by atoms with Crippen LogP contribution in [0.2, 0.25) is 0 Å². The zero-order valence-corrected chi connectivity index (χ0v) is 9.36. The first kappa shape index (κ1) is 12.2. The second-order valence-electron chi connectivity index (χ2n) is 3.03. The summed E-state index contributed by atoms with van der Waals surface area (Å²) in [6.07, 6.45) is 1.32. The van der Waals surface area contributed by atoms with Crippen LogP contribution in [0, 0.1) is 0 Å². The topological polar surface area (TPSA) is 52.6 Å². The molecule has 4 heteroatoms. The quantitative estimate of drug-likeness (QED) is 0.692. The van der Waals surface area contributed by atoms with E-state index in [4.69, 9.17) is 9.47 Å². The molecule has 16 heavy (non-hydrogen) atoms. The Morgan fingerprint density at radius 1 is 0.938 bits per heavy atom. The molecule has 0 aliphatic heterocycles. The molecule has 0 saturated carbocycles. The van der Waals surface area contributed by atoms with Gasteiger partial charge in [-0.25, -0.2) is 0 Å². The Hall–Kier alpha value is -1.84. The number of aldehydes is 2. The summed E-state index contributed by atoms with van der Waals surface area (Å²) in [5, 5.41) is 0. The van der Waals surface area contributed by atoms with E-state index in [-0.39, 0.29) is 0 Å². The smallest absolute Gasteiger partial charge is 0.153 e. The first-order valence-electron chi connectivity index (χ1n) is 5.10. The molecular weight excluding hydrogens is 208 g/mol. The number of rotatable bonds is 6. The average molecular weight is 222 g/mol. The van der Waals surface area contributed by atoms with Crippen molar-refractivity contribution in [2.45, 2.75) is 13.8 Å². The Morgan fingerprint density at radius 3 is 1.69 bits per heavy atom. The van der Waals surface area contributed by atoms with Crippen molar-refractivity contribution >= 4 is 12.6 Å². The van der Waals surface area contributed by atoms with Gasteiger partial charge in [0.05, 0.1) is 24.3 Å². The maximum atomic E-state index is 10.8. The first-order valence-corrected chi connectivity index (χ1v) is 5.10. The predicted octanol–water partition coefficient (Wildman–Crippen LogP) is 2.11. The molecular formula is C12H14O4. The Labute approximate surface area is 94.2 Å². The lowest BCUT2D eigenvalue weighted by atomic mass is 10.1. The summed E-state index contributed by atoms with van der Waals surface area (Å²) in [4.78, 5) is 21.6. The molecule has 0 N–H and O–H groups in total. The molecule has 0 aliphatic rings. The summed E-state index contributed by atoms with van der Waals surface area (Å²) < 4.78 is 10.6. The van der Waals surface area contributed by atoms with Crippen LogP contribution < -0.4 is 9.47 Å². The number of benzene rings is 1. The van der Waals surface area contributed by atoms with Gasteiger partial charge in [-0.15, -0.1) is 0 Å². The minimum absolute atomic E-state index is 0.354. The van der Waals surface area contributed by atoms with E-state index in [1.807, 2.05) is 13.8 Å². The molecule has 86 valence electrons. The Bertz CT molecular complexity index is 352. The molecule has 0 atom stereocenters. The highest BCUT2D eigenvalue weighted by Gasteiger charge is 2.10. The van der Waals surface area contributed by atoms with E-state index in [9.17, 15) is 9.59 Å². The largest absolute Gasteiger partial charge is 0.493 e. The Kier molecular flexibility index (Phi) is 4.51. The molecule has 1 rings (SSSR count). The van der Waals surface area contributed by atoms with Crippen LogP contribution in [-0.4, -0.2) is 25.8 Å². The molecule has 0 aromatic heterocycles. The fourth-order valence-electron chi connectivity index (χ4n) is 1.34. The van der Waals surface area contributed by atoms with Gasteiger partial charge in [0, 0.05) is 6.07 Å². The lowest BCUT2D eigenvalue weighted by Crippen LogP contribution is -2.01. The summed E-state index contributed by atoms with van der Waals surface area (Å²) >= 11 is 0. The van der Waals surface area contributed by atoms with Crippen molar-refractivity contribution in [3.63, 3.8) is 0 Å². The van der Waals surface area contributed by atoms with Crippen molar-refractivity contribution in [1.29, 1.82) is 0 Å².